The molecule has 162 valence electrons. The molecule has 2 saturated heterocycles. The van der Waals surface area contributed by atoms with E-state index in [1.165, 1.54) is 38.9 Å². The van der Waals surface area contributed by atoms with E-state index in [0.29, 0.717) is 10.0 Å². The number of halogens is 2. The van der Waals surface area contributed by atoms with Crippen LogP contribution in [0.1, 0.15) is 44.7 Å². The zero-order valence-corrected chi connectivity index (χ0v) is 19.3. The predicted octanol–water partition coefficient (Wildman–Crippen LogP) is 5.51. The monoisotopic (exact) mass is 447 g/mol. The second kappa shape index (κ2) is 9.71. The molecule has 0 aliphatic carbocycles. The molecule has 5 nitrogen and oxygen atoms in total. The van der Waals surface area contributed by atoms with Crippen LogP contribution in [0.2, 0.25) is 10.0 Å². The molecular formula is C23H31Cl2N5. The van der Waals surface area contributed by atoms with Crippen molar-refractivity contribution in [2.45, 2.75) is 39.2 Å². The smallest absolute Gasteiger partial charge is 0.149 e. The Kier molecular flexibility index (Phi) is 7.01. The van der Waals surface area contributed by atoms with E-state index in [-0.39, 0.29) is 6.04 Å². The van der Waals surface area contributed by atoms with Crippen LogP contribution in [0.3, 0.4) is 0 Å². The van der Waals surface area contributed by atoms with Gasteiger partial charge in [-0.25, -0.2) is 4.98 Å². The van der Waals surface area contributed by atoms with Crippen LogP contribution in [0.25, 0.3) is 0 Å². The van der Waals surface area contributed by atoms with Crippen molar-refractivity contribution in [3.8, 4) is 0 Å². The number of aromatic nitrogens is 2. The van der Waals surface area contributed by atoms with Crippen LogP contribution in [-0.4, -0.2) is 47.6 Å². The molecule has 2 aliphatic rings. The molecule has 0 bridgehead atoms. The summed E-state index contributed by atoms with van der Waals surface area (Å²) < 4.78 is 0. The maximum atomic E-state index is 6.35. The molecule has 2 fully saturated rings. The van der Waals surface area contributed by atoms with E-state index >= 15 is 0 Å². The highest BCUT2D eigenvalue weighted by Gasteiger charge is 2.36. The Balaban J connectivity index is 1.34. The van der Waals surface area contributed by atoms with Crippen molar-refractivity contribution in [2.75, 3.05) is 42.9 Å². The number of likely N-dealkylation sites (tertiary alicyclic amines) is 1. The largest absolute Gasteiger partial charge is 0.362 e. The topological polar surface area (TPSA) is 44.3 Å². The van der Waals surface area contributed by atoms with E-state index in [2.05, 4.69) is 33.9 Å². The summed E-state index contributed by atoms with van der Waals surface area (Å²) >= 11 is 12.4. The fraction of sp³-hybridized carbons (Fsp3) is 0.565. The lowest BCUT2D eigenvalue weighted by atomic mass is 9.80. The molecule has 0 saturated carbocycles. The Labute approximate surface area is 189 Å². The van der Waals surface area contributed by atoms with E-state index in [1.807, 2.05) is 18.3 Å². The van der Waals surface area contributed by atoms with Gasteiger partial charge in [0.1, 0.15) is 11.6 Å². The molecule has 3 heterocycles. The molecule has 0 spiro atoms. The molecule has 30 heavy (non-hydrogen) atoms. The second-order valence-corrected chi connectivity index (χ2v) is 9.51. The third-order valence-electron chi connectivity index (χ3n) is 6.40. The third kappa shape index (κ3) is 5.01. The lowest BCUT2D eigenvalue weighted by Gasteiger charge is -2.47. The van der Waals surface area contributed by atoms with Gasteiger partial charge in [-0.05, 0) is 68.8 Å². The molecule has 4 rings (SSSR count). The van der Waals surface area contributed by atoms with Gasteiger partial charge in [-0.15, -0.1) is 0 Å². The van der Waals surface area contributed by atoms with Crippen molar-refractivity contribution < 1.29 is 0 Å². The first kappa shape index (κ1) is 21.7. The second-order valence-electron chi connectivity index (χ2n) is 8.66. The van der Waals surface area contributed by atoms with Gasteiger partial charge in [0.05, 0.1) is 18.4 Å². The molecule has 1 N–H and O–H groups in total. The number of rotatable bonds is 7. The number of benzene rings is 1. The van der Waals surface area contributed by atoms with Crippen LogP contribution in [0, 0.1) is 11.8 Å². The van der Waals surface area contributed by atoms with E-state index in [9.17, 15) is 0 Å². The van der Waals surface area contributed by atoms with Gasteiger partial charge in [0, 0.05) is 29.7 Å². The fourth-order valence-electron chi connectivity index (χ4n) is 4.72. The summed E-state index contributed by atoms with van der Waals surface area (Å²) in [5.74, 6) is 3.31. The first-order valence-electron chi connectivity index (χ1n) is 11.0. The third-order valence-corrected chi connectivity index (χ3v) is 6.96. The molecule has 2 atom stereocenters. The van der Waals surface area contributed by atoms with Crippen molar-refractivity contribution in [3.05, 3.63) is 46.2 Å². The molecule has 2 aliphatic heterocycles. The molecule has 0 radical (unpaired) electrons. The van der Waals surface area contributed by atoms with Crippen LogP contribution in [-0.2, 0) is 0 Å². The SMILES string of the molecule is CCCN1CCC[C@H](C2CN(c3cncc(N[C@H](C)c4ccc(Cl)cc4Cl)n3)C2)C1. The summed E-state index contributed by atoms with van der Waals surface area (Å²) in [7, 11) is 0. The molecule has 2 aromatic rings. The lowest BCUT2D eigenvalue weighted by Crippen LogP contribution is -2.53. The average Bonchev–Trinajstić information content (AvgIpc) is 2.68. The van der Waals surface area contributed by atoms with Crippen molar-refractivity contribution in [1.29, 1.82) is 0 Å². The number of anilines is 2. The number of nitrogens with zero attached hydrogens (tertiary/aromatic N) is 4. The Bertz CT molecular complexity index is 853. The van der Waals surface area contributed by atoms with Gasteiger partial charge in [0.15, 0.2) is 0 Å². The van der Waals surface area contributed by atoms with Crippen molar-refractivity contribution in [2.24, 2.45) is 11.8 Å². The molecule has 7 heteroatoms. The maximum Gasteiger partial charge on any atom is 0.149 e. The number of hydrogen-bond acceptors (Lipinski definition) is 5. The highest BCUT2D eigenvalue weighted by molar-refractivity contribution is 6.35. The standard InChI is InChI=1S/C23H31Cl2N5/c1-3-8-29-9-4-5-17(13-29)18-14-30(15-18)23-12-26-11-22(28-23)27-16(2)20-7-6-19(24)10-21(20)25/h6-7,10-12,16-18H,3-5,8-9,13-15H2,1-2H3,(H,27,28)/t16-,17+/m1/s1. The van der Waals surface area contributed by atoms with Gasteiger partial charge in [0.2, 0.25) is 0 Å². The fourth-order valence-corrected chi connectivity index (χ4v) is 5.30. The van der Waals surface area contributed by atoms with Crippen molar-refractivity contribution in [3.63, 3.8) is 0 Å². The van der Waals surface area contributed by atoms with E-state index < -0.39 is 0 Å². The summed E-state index contributed by atoms with van der Waals surface area (Å²) in [6.07, 6.45) is 7.59. The zero-order chi connectivity index (χ0) is 21.1. The van der Waals surface area contributed by atoms with Crippen LogP contribution < -0.4 is 10.2 Å². The minimum atomic E-state index is 0.00948. The number of piperidine rings is 1. The van der Waals surface area contributed by atoms with Gasteiger partial charge >= 0.3 is 0 Å². The van der Waals surface area contributed by atoms with Crippen molar-refractivity contribution >= 4 is 34.8 Å². The molecule has 1 aromatic heterocycles. The Morgan fingerprint density at radius 3 is 2.77 bits per heavy atom. The van der Waals surface area contributed by atoms with Crippen LogP contribution in [0.4, 0.5) is 11.6 Å². The van der Waals surface area contributed by atoms with E-state index in [0.717, 1.165) is 42.1 Å². The van der Waals surface area contributed by atoms with Gasteiger partial charge in [-0.2, -0.15) is 0 Å². The van der Waals surface area contributed by atoms with Crippen LogP contribution in [0.5, 0.6) is 0 Å². The highest BCUT2D eigenvalue weighted by atomic mass is 35.5. The molecule has 0 amide bonds. The summed E-state index contributed by atoms with van der Waals surface area (Å²) in [5, 5.41) is 4.72. The van der Waals surface area contributed by atoms with Gasteiger partial charge in [0.25, 0.3) is 0 Å². The first-order chi connectivity index (χ1) is 14.5. The highest BCUT2D eigenvalue weighted by Crippen LogP contribution is 2.34. The number of hydrogen-bond donors (Lipinski definition) is 1. The summed E-state index contributed by atoms with van der Waals surface area (Å²) in [6, 6.07) is 5.59. The lowest BCUT2D eigenvalue weighted by molar-refractivity contribution is 0.120. The summed E-state index contributed by atoms with van der Waals surface area (Å²) in [4.78, 5) is 14.2. The van der Waals surface area contributed by atoms with Crippen LogP contribution in [0.15, 0.2) is 30.6 Å². The molecular weight excluding hydrogens is 417 g/mol. The molecule has 1 aromatic carbocycles. The zero-order valence-electron chi connectivity index (χ0n) is 17.8. The minimum absolute atomic E-state index is 0.00948. The Morgan fingerprint density at radius 2 is 2.00 bits per heavy atom. The minimum Gasteiger partial charge on any atom is -0.362 e. The Morgan fingerprint density at radius 1 is 1.17 bits per heavy atom. The quantitative estimate of drug-likeness (QED) is 0.605. The normalized spacial score (nSPS) is 21.3. The van der Waals surface area contributed by atoms with E-state index in [4.69, 9.17) is 28.2 Å². The first-order valence-corrected chi connectivity index (χ1v) is 11.8. The van der Waals surface area contributed by atoms with Gasteiger partial charge in [-0.3, -0.25) is 4.98 Å². The maximum absolute atomic E-state index is 6.35. The summed E-state index contributed by atoms with van der Waals surface area (Å²) in [5.41, 5.74) is 0.992. The number of nitrogens with one attached hydrogen (secondary N) is 1. The molecule has 0 unspecified atom stereocenters. The summed E-state index contributed by atoms with van der Waals surface area (Å²) in [6.45, 7) is 10.3. The average molecular weight is 448 g/mol. The predicted molar refractivity (Wildman–Crippen MR) is 126 cm³/mol. The van der Waals surface area contributed by atoms with E-state index in [1.54, 1.807) is 12.3 Å². The Hall–Kier alpha value is -1.56. The van der Waals surface area contributed by atoms with Crippen molar-refractivity contribution in [1.82, 2.24) is 14.9 Å². The van der Waals surface area contributed by atoms with Gasteiger partial charge in [-0.1, -0.05) is 36.2 Å². The van der Waals surface area contributed by atoms with Gasteiger partial charge < -0.3 is 15.1 Å². The van der Waals surface area contributed by atoms with Crippen LogP contribution >= 0.6 is 23.2 Å².